The first kappa shape index (κ1) is 14.8. The molecule has 3 N–H and O–H groups in total. The number of hydrogen-bond donors (Lipinski definition) is 2. The molecule has 1 heterocycles. The number of rotatable bonds is 3. The molecule has 0 bridgehead atoms. The van der Waals surface area contributed by atoms with E-state index in [9.17, 15) is 13.2 Å². The maximum atomic E-state index is 13.4. The molecule has 6 heteroatoms. The van der Waals surface area contributed by atoms with Crippen LogP contribution >= 0.6 is 0 Å². The Morgan fingerprint density at radius 2 is 1.90 bits per heavy atom. The van der Waals surface area contributed by atoms with Crippen molar-refractivity contribution in [3.8, 4) is 0 Å². The first-order chi connectivity index (χ1) is 10.0. The van der Waals surface area contributed by atoms with Crippen molar-refractivity contribution in [1.29, 1.82) is 0 Å². The lowest BCUT2D eigenvalue weighted by atomic mass is 9.70. The molecule has 3 nitrogen and oxygen atoms in total. The molecule has 21 heavy (non-hydrogen) atoms. The predicted molar refractivity (Wildman–Crippen MR) is 71.6 cm³/mol. The minimum Gasteiger partial charge on any atom is -0.375 e. The van der Waals surface area contributed by atoms with E-state index < -0.39 is 23.5 Å². The fourth-order valence-electron chi connectivity index (χ4n) is 3.53. The molecular formula is C15H19F3N2O. The van der Waals surface area contributed by atoms with E-state index in [-0.39, 0.29) is 11.5 Å². The van der Waals surface area contributed by atoms with Crippen molar-refractivity contribution >= 4 is 0 Å². The van der Waals surface area contributed by atoms with Gasteiger partial charge in [-0.05, 0) is 55.7 Å². The number of hydrazine groups is 1. The van der Waals surface area contributed by atoms with Gasteiger partial charge in [-0.3, -0.25) is 11.3 Å². The Morgan fingerprint density at radius 3 is 2.43 bits per heavy atom. The lowest BCUT2D eigenvalue weighted by molar-refractivity contribution is -0.147. The molecular weight excluding hydrogens is 281 g/mol. The average Bonchev–Trinajstić information content (AvgIpc) is 2.44. The van der Waals surface area contributed by atoms with Crippen LogP contribution in [0.5, 0.6) is 0 Å². The number of benzene rings is 1. The van der Waals surface area contributed by atoms with Gasteiger partial charge in [0.05, 0.1) is 5.60 Å². The van der Waals surface area contributed by atoms with Crippen molar-refractivity contribution in [3.05, 3.63) is 35.1 Å². The highest BCUT2D eigenvalue weighted by atomic mass is 19.2. The van der Waals surface area contributed by atoms with Crippen LogP contribution in [0.2, 0.25) is 0 Å². The Bertz CT molecular complexity index is 511. The zero-order valence-electron chi connectivity index (χ0n) is 11.7. The summed E-state index contributed by atoms with van der Waals surface area (Å²) in [6.07, 6.45) is 4.76. The molecule has 1 aromatic carbocycles. The van der Waals surface area contributed by atoms with Gasteiger partial charge in [-0.2, -0.15) is 0 Å². The van der Waals surface area contributed by atoms with Gasteiger partial charge in [0.15, 0.2) is 17.5 Å². The van der Waals surface area contributed by atoms with Crippen LogP contribution in [-0.4, -0.2) is 12.2 Å². The van der Waals surface area contributed by atoms with Crippen molar-refractivity contribution < 1.29 is 17.9 Å². The van der Waals surface area contributed by atoms with E-state index in [0.717, 1.165) is 44.2 Å². The van der Waals surface area contributed by atoms with Crippen molar-refractivity contribution in [2.75, 3.05) is 6.61 Å². The average molecular weight is 300 g/mol. The molecule has 1 spiro atoms. The zero-order valence-corrected chi connectivity index (χ0v) is 11.7. The Morgan fingerprint density at radius 1 is 1.24 bits per heavy atom. The summed E-state index contributed by atoms with van der Waals surface area (Å²) in [5, 5.41) is 0. The van der Waals surface area contributed by atoms with Gasteiger partial charge in [-0.1, -0.05) is 0 Å². The van der Waals surface area contributed by atoms with E-state index in [1.54, 1.807) is 0 Å². The Hall–Kier alpha value is -1.11. The molecule has 2 aliphatic rings. The van der Waals surface area contributed by atoms with Crippen LogP contribution in [0.25, 0.3) is 0 Å². The third kappa shape index (κ3) is 2.67. The summed E-state index contributed by atoms with van der Waals surface area (Å²) in [6, 6.07) is 1.63. The van der Waals surface area contributed by atoms with Gasteiger partial charge in [-0.25, -0.2) is 13.2 Å². The summed E-state index contributed by atoms with van der Waals surface area (Å²) in [6.45, 7) is 0.620. The number of halogens is 3. The van der Waals surface area contributed by atoms with Crippen LogP contribution in [0.15, 0.2) is 12.1 Å². The lowest BCUT2D eigenvalue weighted by Gasteiger charge is -2.48. The number of nitrogens with one attached hydrogen (secondary N) is 1. The number of hydrogen-bond acceptors (Lipinski definition) is 3. The second-order valence-electron chi connectivity index (χ2n) is 6.08. The van der Waals surface area contributed by atoms with Crippen molar-refractivity contribution in [2.24, 2.45) is 11.8 Å². The summed E-state index contributed by atoms with van der Waals surface area (Å²) < 4.78 is 45.8. The molecule has 2 atom stereocenters. The monoisotopic (exact) mass is 300 g/mol. The topological polar surface area (TPSA) is 47.3 Å². The van der Waals surface area contributed by atoms with Crippen molar-refractivity contribution in [2.45, 2.75) is 43.7 Å². The number of nitrogens with two attached hydrogens (primary N) is 1. The van der Waals surface area contributed by atoms with Gasteiger partial charge in [-0.15, -0.1) is 0 Å². The summed E-state index contributed by atoms with van der Waals surface area (Å²) in [5.41, 5.74) is 2.89. The van der Waals surface area contributed by atoms with Crippen LogP contribution in [0, 0.1) is 23.4 Å². The maximum absolute atomic E-state index is 13.4. The molecule has 1 saturated heterocycles. The summed E-state index contributed by atoms with van der Waals surface area (Å²) >= 11 is 0. The third-order valence-electron chi connectivity index (χ3n) is 4.81. The molecule has 1 aromatic rings. The van der Waals surface area contributed by atoms with Crippen LogP contribution in [-0.2, 0) is 4.74 Å². The van der Waals surface area contributed by atoms with Crippen LogP contribution < -0.4 is 11.3 Å². The lowest BCUT2D eigenvalue weighted by Crippen LogP contribution is -2.48. The Kier molecular flexibility index (Phi) is 3.94. The van der Waals surface area contributed by atoms with E-state index >= 15 is 0 Å². The van der Waals surface area contributed by atoms with Gasteiger partial charge >= 0.3 is 0 Å². The van der Waals surface area contributed by atoms with E-state index in [1.807, 2.05) is 0 Å². The standard InChI is InChI=1S/C15H19F3N2O/c16-11-6-10(7-12(17)13(11)18)14(20-19)9-2-5-21-15(8-9)3-1-4-15/h6-7,9,14,20H,1-5,8,19H2. The highest BCUT2D eigenvalue weighted by molar-refractivity contribution is 5.23. The summed E-state index contributed by atoms with van der Waals surface area (Å²) in [5.74, 6) is 1.89. The van der Waals surface area contributed by atoms with Crippen LogP contribution in [0.3, 0.4) is 0 Å². The van der Waals surface area contributed by atoms with Crippen LogP contribution in [0.1, 0.15) is 43.7 Å². The summed E-state index contributed by atoms with van der Waals surface area (Å²) in [7, 11) is 0. The van der Waals surface area contributed by atoms with E-state index in [1.165, 1.54) is 0 Å². The maximum Gasteiger partial charge on any atom is 0.194 e. The first-order valence-corrected chi connectivity index (χ1v) is 7.29. The highest BCUT2D eigenvalue weighted by Crippen LogP contribution is 2.47. The molecule has 0 radical (unpaired) electrons. The minimum absolute atomic E-state index is 0.0882. The second-order valence-corrected chi connectivity index (χ2v) is 6.08. The number of ether oxygens (including phenoxy) is 1. The Balaban J connectivity index is 1.84. The SMILES string of the molecule is NNC(c1cc(F)c(F)c(F)c1)C1CCOC2(CCC2)C1. The van der Waals surface area contributed by atoms with Gasteiger partial charge < -0.3 is 4.74 Å². The van der Waals surface area contributed by atoms with Gasteiger partial charge in [0.2, 0.25) is 0 Å². The fraction of sp³-hybridized carbons (Fsp3) is 0.600. The molecule has 116 valence electrons. The van der Waals surface area contributed by atoms with Gasteiger partial charge in [0.1, 0.15) is 0 Å². The molecule has 2 unspecified atom stereocenters. The van der Waals surface area contributed by atoms with E-state index in [2.05, 4.69) is 5.43 Å². The minimum atomic E-state index is -1.45. The van der Waals surface area contributed by atoms with E-state index in [0.29, 0.717) is 12.2 Å². The second kappa shape index (κ2) is 5.59. The third-order valence-corrected chi connectivity index (χ3v) is 4.81. The normalized spacial score (nSPS) is 25.6. The van der Waals surface area contributed by atoms with Gasteiger partial charge in [0.25, 0.3) is 0 Å². The molecule has 1 saturated carbocycles. The predicted octanol–water partition coefficient (Wildman–Crippen LogP) is 2.96. The van der Waals surface area contributed by atoms with E-state index in [4.69, 9.17) is 10.6 Å². The summed E-state index contributed by atoms with van der Waals surface area (Å²) in [4.78, 5) is 0. The quantitative estimate of drug-likeness (QED) is 0.512. The zero-order chi connectivity index (χ0) is 15.0. The molecule has 1 aliphatic carbocycles. The van der Waals surface area contributed by atoms with Crippen LogP contribution in [0.4, 0.5) is 13.2 Å². The fourth-order valence-corrected chi connectivity index (χ4v) is 3.53. The molecule has 0 aromatic heterocycles. The molecule has 1 aliphatic heterocycles. The first-order valence-electron chi connectivity index (χ1n) is 7.29. The van der Waals surface area contributed by atoms with Crippen molar-refractivity contribution in [1.82, 2.24) is 5.43 Å². The molecule has 0 amide bonds. The van der Waals surface area contributed by atoms with Crippen molar-refractivity contribution in [3.63, 3.8) is 0 Å². The van der Waals surface area contributed by atoms with Gasteiger partial charge in [0, 0.05) is 12.6 Å². The molecule has 3 rings (SSSR count). The largest absolute Gasteiger partial charge is 0.375 e. The highest BCUT2D eigenvalue weighted by Gasteiger charge is 2.44. The Labute approximate surface area is 121 Å². The molecule has 2 fully saturated rings. The smallest absolute Gasteiger partial charge is 0.194 e.